The van der Waals surface area contributed by atoms with Crippen LogP contribution in [0.4, 0.5) is 22.0 Å². The molecule has 0 saturated carbocycles. The lowest BCUT2D eigenvalue weighted by Crippen LogP contribution is -2.35. The van der Waals surface area contributed by atoms with Crippen LogP contribution in [-0.4, -0.2) is 16.1 Å². The van der Waals surface area contributed by atoms with Crippen LogP contribution in [0.15, 0.2) is 24.1 Å². The van der Waals surface area contributed by atoms with Crippen molar-refractivity contribution in [3.05, 3.63) is 24.1 Å². The third-order valence-electron chi connectivity index (χ3n) is 1.12. The molecule has 0 rings (SSSR count). The van der Waals surface area contributed by atoms with Crippen molar-refractivity contribution in [3.8, 4) is 0 Å². The molecule has 7 heteroatoms. The normalized spacial score (nSPS) is 15.2. The Kier molecular flexibility index (Phi) is 5.28. The molecule has 0 aromatic heterocycles. The molecule has 0 fully saturated rings. The van der Waals surface area contributed by atoms with Crippen LogP contribution >= 0.6 is 31.9 Å². The van der Waals surface area contributed by atoms with Crippen LogP contribution in [0.2, 0.25) is 0 Å². The summed E-state index contributed by atoms with van der Waals surface area (Å²) in [6.45, 7) is 0. The van der Waals surface area contributed by atoms with Gasteiger partial charge in [-0.25, -0.2) is 4.39 Å². The number of halogens is 7. The zero-order valence-corrected chi connectivity index (χ0v) is 9.76. The van der Waals surface area contributed by atoms with Gasteiger partial charge in [0.1, 0.15) is 0 Å². The van der Waals surface area contributed by atoms with Crippen LogP contribution in [0.25, 0.3) is 0 Å². The molecular formula is C7H5Br2F5. The first-order valence-corrected chi connectivity index (χ1v) is 5.18. The number of allylic oxidation sites excluding steroid dienone is 4. The maximum atomic E-state index is 12.5. The molecule has 82 valence electrons. The molecule has 0 aliphatic carbocycles. The molecule has 0 aliphatic heterocycles. The minimum Gasteiger partial charge on any atom is -0.205 e. The maximum absolute atomic E-state index is 12.5. The predicted molar refractivity (Wildman–Crippen MR) is 50.9 cm³/mol. The van der Waals surface area contributed by atoms with Crippen LogP contribution in [0.5, 0.6) is 0 Å². The fourth-order valence-corrected chi connectivity index (χ4v) is 0.849. The Hall–Kier alpha value is 0.0900. The summed E-state index contributed by atoms with van der Waals surface area (Å²) >= 11 is 4.32. The van der Waals surface area contributed by atoms with E-state index in [0.717, 1.165) is 6.08 Å². The van der Waals surface area contributed by atoms with E-state index in [-0.39, 0.29) is 6.08 Å². The maximum Gasteiger partial charge on any atom is 0.370 e. The molecule has 0 amide bonds. The monoisotopic (exact) mass is 342 g/mol. The van der Waals surface area contributed by atoms with Crippen LogP contribution in [0, 0.1) is 0 Å². The van der Waals surface area contributed by atoms with Gasteiger partial charge < -0.3 is 0 Å². The van der Waals surface area contributed by atoms with E-state index in [0.29, 0.717) is 5.33 Å². The first-order valence-electron chi connectivity index (χ1n) is 3.26. The molecule has 0 saturated heterocycles. The van der Waals surface area contributed by atoms with E-state index < -0.39 is 16.6 Å². The molecule has 0 aromatic rings. The van der Waals surface area contributed by atoms with Gasteiger partial charge in [0.05, 0.1) is 0 Å². The summed E-state index contributed by atoms with van der Waals surface area (Å²) in [4.78, 5) is -4.59. The van der Waals surface area contributed by atoms with Crippen LogP contribution in [0.1, 0.15) is 0 Å². The van der Waals surface area contributed by atoms with Gasteiger partial charge in [0, 0.05) is 5.33 Å². The van der Waals surface area contributed by atoms with Crippen molar-refractivity contribution in [1.82, 2.24) is 0 Å². The van der Waals surface area contributed by atoms with E-state index in [1.807, 2.05) is 0 Å². The van der Waals surface area contributed by atoms with Gasteiger partial charge in [-0.3, -0.25) is 0 Å². The molecule has 0 unspecified atom stereocenters. The second-order valence-electron chi connectivity index (χ2n) is 2.17. The number of rotatable bonds is 4. The van der Waals surface area contributed by atoms with E-state index >= 15 is 0 Å². The first kappa shape index (κ1) is 14.1. The lowest BCUT2D eigenvalue weighted by atomic mass is 10.3. The number of alkyl halides is 6. The first-order chi connectivity index (χ1) is 6.23. The molecule has 0 aromatic carbocycles. The average Bonchev–Trinajstić information content (AvgIpc) is 2.02. The molecule has 0 atom stereocenters. The Bertz CT molecular complexity index is 241. The van der Waals surface area contributed by atoms with Crippen molar-refractivity contribution in [2.45, 2.75) is 10.8 Å². The minimum absolute atomic E-state index is 0.288. The number of hydrogen-bond acceptors (Lipinski definition) is 0. The largest absolute Gasteiger partial charge is 0.370 e. The quantitative estimate of drug-likeness (QED) is 0.403. The Morgan fingerprint density at radius 2 is 1.71 bits per heavy atom. The molecule has 0 bridgehead atoms. The van der Waals surface area contributed by atoms with Crippen molar-refractivity contribution in [2.24, 2.45) is 0 Å². The lowest BCUT2D eigenvalue weighted by Gasteiger charge is -2.19. The summed E-state index contributed by atoms with van der Waals surface area (Å²) in [7, 11) is 0. The Balaban J connectivity index is 4.75. The van der Waals surface area contributed by atoms with Gasteiger partial charge in [-0.2, -0.15) is 17.6 Å². The fourth-order valence-electron chi connectivity index (χ4n) is 0.444. The molecule has 0 heterocycles. The summed E-state index contributed by atoms with van der Waals surface area (Å²) in [5.41, 5.74) is 0. The molecular weight excluding hydrogens is 339 g/mol. The zero-order chi connectivity index (χ0) is 11.4. The van der Waals surface area contributed by atoms with E-state index in [2.05, 4.69) is 15.9 Å². The summed E-state index contributed by atoms with van der Waals surface area (Å²) in [5, 5.41) is 0.313. The second kappa shape index (κ2) is 5.25. The third kappa shape index (κ3) is 3.68. The molecule has 0 radical (unpaired) electrons. The lowest BCUT2D eigenvalue weighted by molar-refractivity contribution is -0.131. The molecule has 0 N–H and O–H groups in total. The van der Waals surface area contributed by atoms with Crippen LogP contribution < -0.4 is 0 Å². The van der Waals surface area contributed by atoms with Crippen LogP contribution in [-0.2, 0) is 0 Å². The van der Waals surface area contributed by atoms with Crippen molar-refractivity contribution in [2.75, 3.05) is 5.33 Å². The van der Waals surface area contributed by atoms with Gasteiger partial charge in [-0.15, -0.1) is 0 Å². The van der Waals surface area contributed by atoms with E-state index in [9.17, 15) is 22.0 Å². The summed E-state index contributed by atoms with van der Waals surface area (Å²) in [6, 6.07) is 0. The van der Waals surface area contributed by atoms with E-state index in [4.69, 9.17) is 0 Å². The Morgan fingerprint density at radius 1 is 1.21 bits per heavy atom. The molecule has 14 heavy (non-hydrogen) atoms. The summed E-state index contributed by atoms with van der Waals surface area (Å²) in [5.74, 6) is -7.04. The Labute approximate surface area is 94.1 Å². The van der Waals surface area contributed by atoms with Gasteiger partial charge in [-0.1, -0.05) is 28.1 Å². The second-order valence-corrected chi connectivity index (χ2v) is 3.81. The number of hydrogen-bond donors (Lipinski definition) is 0. The van der Waals surface area contributed by atoms with Gasteiger partial charge in [0.2, 0.25) is 0 Å². The fraction of sp³-hybridized carbons (Fsp3) is 0.429. The van der Waals surface area contributed by atoms with Crippen molar-refractivity contribution < 1.29 is 22.0 Å². The van der Waals surface area contributed by atoms with E-state index in [1.165, 1.54) is 22.0 Å². The van der Waals surface area contributed by atoms with Gasteiger partial charge in [0.15, 0.2) is 5.83 Å². The smallest absolute Gasteiger partial charge is 0.205 e. The SMILES string of the molecule is FC(=CC=CCBr)C(F)(F)C(F)(F)Br. The summed E-state index contributed by atoms with van der Waals surface area (Å²) in [6.07, 6.45) is 2.48. The minimum atomic E-state index is -4.84. The third-order valence-corrected chi connectivity index (χ3v) is 2.00. The molecule has 0 nitrogen and oxygen atoms in total. The van der Waals surface area contributed by atoms with Gasteiger partial charge in [0.25, 0.3) is 0 Å². The summed E-state index contributed by atoms with van der Waals surface area (Å²) < 4.78 is 61.7. The Morgan fingerprint density at radius 3 is 2.07 bits per heavy atom. The zero-order valence-electron chi connectivity index (χ0n) is 6.58. The molecule has 0 spiro atoms. The average molecular weight is 344 g/mol. The van der Waals surface area contributed by atoms with Crippen molar-refractivity contribution in [1.29, 1.82) is 0 Å². The van der Waals surface area contributed by atoms with Gasteiger partial charge >= 0.3 is 10.8 Å². The highest BCUT2D eigenvalue weighted by Crippen LogP contribution is 2.44. The van der Waals surface area contributed by atoms with E-state index in [1.54, 1.807) is 0 Å². The highest BCUT2D eigenvalue weighted by molar-refractivity contribution is 9.10. The highest BCUT2D eigenvalue weighted by Gasteiger charge is 2.57. The van der Waals surface area contributed by atoms with Gasteiger partial charge in [-0.05, 0) is 22.0 Å². The predicted octanol–water partition coefficient (Wildman–Crippen LogP) is 4.41. The standard InChI is InChI=1S/C7H5Br2F5/c8-4-2-1-3-5(10)6(11,12)7(9,13)14/h1-3H,4H2. The van der Waals surface area contributed by atoms with Crippen molar-refractivity contribution >= 4 is 31.9 Å². The molecule has 0 aliphatic rings. The van der Waals surface area contributed by atoms with Crippen LogP contribution in [0.3, 0.4) is 0 Å². The topological polar surface area (TPSA) is 0 Å². The van der Waals surface area contributed by atoms with Crippen molar-refractivity contribution in [3.63, 3.8) is 0 Å². The highest BCUT2D eigenvalue weighted by atomic mass is 79.9.